The third-order valence-electron chi connectivity index (χ3n) is 3.34. The lowest BCUT2D eigenvalue weighted by Gasteiger charge is -2.16. The summed E-state index contributed by atoms with van der Waals surface area (Å²) in [5.41, 5.74) is 3.43. The molecule has 0 N–H and O–H groups in total. The first-order valence-electron chi connectivity index (χ1n) is 6.47. The van der Waals surface area contributed by atoms with Gasteiger partial charge in [0.1, 0.15) is 18.1 Å². The minimum absolute atomic E-state index is 0.466. The Labute approximate surface area is 119 Å². The number of aldehydes is 1. The zero-order chi connectivity index (χ0) is 14.5. The van der Waals surface area contributed by atoms with Crippen molar-refractivity contribution in [1.29, 1.82) is 0 Å². The summed E-state index contributed by atoms with van der Waals surface area (Å²) in [5, 5.41) is 0. The Bertz CT molecular complexity index is 603. The summed E-state index contributed by atoms with van der Waals surface area (Å²) in [4.78, 5) is 11.1. The number of ether oxygens (including phenoxy) is 2. The van der Waals surface area contributed by atoms with Gasteiger partial charge in [-0.15, -0.1) is 0 Å². The fraction of sp³-hybridized carbons (Fsp3) is 0.235. The maximum absolute atomic E-state index is 11.1. The van der Waals surface area contributed by atoms with Crippen LogP contribution in [0.5, 0.6) is 11.5 Å². The monoisotopic (exact) mass is 270 g/mol. The highest BCUT2D eigenvalue weighted by atomic mass is 16.5. The Hall–Kier alpha value is -2.29. The highest BCUT2D eigenvalue weighted by Gasteiger charge is 2.14. The Morgan fingerprint density at radius 3 is 2.40 bits per heavy atom. The molecule has 0 amide bonds. The zero-order valence-electron chi connectivity index (χ0n) is 12.0. The molecule has 0 fully saturated rings. The fourth-order valence-electron chi connectivity index (χ4n) is 2.16. The van der Waals surface area contributed by atoms with Crippen LogP contribution in [0.4, 0.5) is 0 Å². The van der Waals surface area contributed by atoms with Gasteiger partial charge in [0.05, 0.1) is 7.11 Å². The van der Waals surface area contributed by atoms with Gasteiger partial charge in [0, 0.05) is 16.7 Å². The lowest BCUT2D eigenvalue weighted by molar-refractivity contribution is 0.112. The molecule has 2 aromatic carbocycles. The van der Waals surface area contributed by atoms with E-state index in [0.717, 1.165) is 28.7 Å². The van der Waals surface area contributed by atoms with E-state index in [9.17, 15) is 4.79 Å². The Morgan fingerprint density at radius 1 is 1.10 bits per heavy atom. The van der Waals surface area contributed by atoms with Crippen LogP contribution in [0.25, 0.3) is 0 Å². The van der Waals surface area contributed by atoms with Crippen LogP contribution >= 0.6 is 0 Å². The van der Waals surface area contributed by atoms with Gasteiger partial charge in [-0.05, 0) is 25.5 Å². The van der Waals surface area contributed by atoms with Crippen LogP contribution in [0, 0.1) is 13.8 Å². The smallest absolute Gasteiger partial charge is 0.150 e. The number of benzene rings is 2. The molecule has 0 aliphatic rings. The summed E-state index contributed by atoms with van der Waals surface area (Å²) in [7, 11) is 1.59. The fourth-order valence-corrected chi connectivity index (χ4v) is 2.16. The molecule has 2 aromatic rings. The van der Waals surface area contributed by atoms with Gasteiger partial charge in [-0.3, -0.25) is 4.79 Å². The first-order valence-corrected chi connectivity index (χ1v) is 6.47. The zero-order valence-corrected chi connectivity index (χ0v) is 12.0. The van der Waals surface area contributed by atoms with Crippen molar-refractivity contribution in [2.75, 3.05) is 7.11 Å². The van der Waals surface area contributed by atoms with Crippen molar-refractivity contribution in [1.82, 2.24) is 0 Å². The van der Waals surface area contributed by atoms with E-state index in [1.807, 2.05) is 44.2 Å². The maximum Gasteiger partial charge on any atom is 0.150 e. The first kappa shape index (κ1) is 14.1. The highest BCUT2D eigenvalue weighted by molar-refractivity contribution is 5.80. The van der Waals surface area contributed by atoms with Crippen LogP contribution < -0.4 is 9.47 Å². The second kappa shape index (κ2) is 6.24. The average Bonchev–Trinajstić information content (AvgIpc) is 2.48. The largest absolute Gasteiger partial charge is 0.496 e. The maximum atomic E-state index is 11.1. The average molecular weight is 270 g/mol. The third kappa shape index (κ3) is 2.82. The van der Waals surface area contributed by atoms with E-state index in [-0.39, 0.29) is 0 Å². The number of rotatable bonds is 5. The summed E-state index contributed by atoms with van der Waals surface area (Å²) < 4.78 is 11.2. The number of carbonyl (C=O) groups excluding carboxylic acids is 1. The van der Waals surface area contributed by atoms with Crippen LogP contribution in [0.3, 0.4) is 0 Å². The van der Waals surface area contributed by atoms with E-state index in [4.69, 9.17) is 9.47 Å². The van der Waals surface area contributed by atoms with Crippen LogP contribution in [0.15, 0.2) is 36.4 Å². The molecule has 0 spiro atoms. The van der Waals surface area contributed by atoms with Crippen LogP contribution in [-0.4, -0.2) is 13.4 Å². The van der Waals surface area contributed by atoms with Crippen molar-refractivity contribution in [3.05, 3.63) is 58.7 Å². The van der Waals surface area contributed by atoms with E-state index in [2.05, 4.69) is 0 Å². The molecule has 0 atom stereocenters. The van der Waals surface area contributed by atoms with Crippen molar-refractivity contribution in [3.63, 3.8) is 0 Å². The Morgan fingerprint density at radius 2 is 1.80 bits per heavy atom. The Balaban J connectivity index is 2.32. The van der Waals surface area contributed by atoms with Gasteiger partial charge in [-0.1, -0.05) is 30.3 Å². The lowest BCUT2D eigenvalue weighted by Crippen LogP contribution is -2.03. The summed E-state index contributed by atoms with van der Waals surface area (Å²) >= 11 is 0. The van der Waals surface area contributed by atoms with E-state index >= 15 is 0 Å². The molecule has 2 rings (SSSR count). The molecule has 0 saturated carbocycles. The van der Waals surface area contributed by atoms with Crippen LogP contribution in [0.1, 0.15) is 27.0 Å². The molecule has 0 heterocycles. The third-order valence-corrected chi connectivity index (χ3v) is 3.34. The molecule has 0 aromatic heterocycles. The van der Waals surface area contributed by atoms with Gasteiger partial charge >= 0.3 is 0 Å². The minimum Gasteiger partial charge on any atom is -0.496 e. The standard InChI is InChI=1S/C17H18O3/c1-12-15(10-18)9-16(19-3)13(2)17(12)20-11-14-7-5-4-6-8-14/h4-10H,11H2,1-3H3. The van der Waals surface area contributed by atoms with E-state index in [0.29, 0.717) is 17.9 Å². The van der Waals surface area contributed by atoms with Crippen molar-refractivity contribution in [2.45, 2.75) is 20.5 Å². The molecule has 3 nitrogen and oxygen atoms in total. The number of carbonyl (C=O) groups is 1. The Kier molecular flexibility index (Phi) is 4.41. The topological polar surface area (TPSA) is 35.5 Å². The summed E-state index contributed by atoms with van der Waals surface area (Å²) in [6, 6.07) is 11.7. The van der Waals surface area contributed by atoms with Gasteiger partial charge in [0.15, 0.2) is 6.29 Å². The molecule has 104 valence electrons. The normalized spacial score (nSPS) is 10.2. The van der Waals surface area contributed by atoms with Gasteiger partial charge in [-0.25, -0.2) is 0 Å². The van der Waals surface area contributed by atoms with E-state index < -0.39 is 0 Å². The molecule has 0 unspecified atom stereocenters. The van der Waals surface area contributed by atoms with Gasteiger partial charge in [0.2, 0.25) is 0 Å². The van der Waals surface area contributed by atoms with Crippen molar-refractivity contribution < 1.29 is 14.3 Å². The molecule has 0 aliphatic heterocycles. The summed E-state index contributed by atoms with van der Waals surface area (Å²) in [5.74, 6) is 1.39. The number of hydrogen-bond donors (Lipinski definition) is 0. The predicted molar refractivity (Wildman–Crippen MR) is 78.6 cm³/mol. The highest BCUT2D eigenvalue weighted by Crippen LogP contribution is 2.33. The van der Waals surface area contributed by atoms with E-state index in [1.165, 1.54) is 0 Å². The second-order valence-corrected chi connectivity index (χ2v) is 4.64. The van der Waals surface area contributed by atoms with Gasteiger partial charge < -0.3 is 9.47 Å². The van der Waals surface area contributed by atoms with Crippen molar-refractivity contribution in [2.24, 2.45) is 0 Å². The molecule has 20 heavy (non-hydrogen) atoms. The molecule has 3 heteroatoms. The van der Waals surface area contributed by atoms with Crippen LogP contribution in [0.2, 0.25) is 0 Å². The molecular weight excluding hydrogens is 252 g/mol. The molecule has 0 aliphatic carbocycles. The molecular formula is C17H18O3. The second-order valence-electron chi connectivity index (χ2n) is 4.64. The minimum atomic E-state index is 0.466. The van der Waals surface area contributed by atoms with Crippen LogP contribution in [-0.2, 0) is 6.61 Å². The molecule has 0 bridgehead atoms. The van der Waals surface area contributed by atoms with Crippen molar-refractivity contribution >= 4 is 6.29 Å². The molecule has 0 saturated heterocycles. The summed E-state index contributed by atoms with van der Waals surface area (Å²) in [6.07, 6.45) is 0.826. The SMILES string of the molecule is COc1cc(C=O)c(C)c(OCc2ccccc2)c1C. The first-order chi connectivity index (χ1) is 9.67. The summed E-state index contributed by atoms with van der Waals surface area (Å²) in [6.45, 7) is 4.28. The van der Waals surface area contributed by atoms with Gasteiger partial charge in [0.25, 0.3) is 0 Å². The van der Waals surface area contributed by atoms with Gasteiger partial charge in [-0.2, -0.15) is 0 Å². The lowest BCUT2D eigenvalue weighted by atomic mass is 10.0. The number of hydrogen-bond acceptors (Lipinski definition) is 3. The number of methoxy groups -OCH3 is 1. The van der Waals surface area contributed by atoms with E-state index in [1.54, 1.807) is 13.2 Å². The molecule has 0 radical (unpaired) electrons. The van der Waals surface area contributed by atoms with Crippen molar-refractivity contribution in [3.8, 4) is 11.5 Å². The quantitative estimate of drug-likeness (QED) is 0.777. The predicted octanol–water partition coefficient (Wildman–Crippen LogP) is 3.70.